The van der Waals surface area contributed by atoms with Crippen LogP contribution in [0.2, 0.25) is 0 Å². The van der Waals surface area contributed by atoms with Crippen molar-refractivity contribution in [2.45, 2.75) is 32.6 Å². The number of anilines is 1. The number of rotatable bonds is 0. The van der Waals surface area contributed by atoms with Gasteiger partial charge in [-0.1, -0.05) is 13.3 Å². The molecular weight excluding hydrogens is 264 g/mol. The van der Waals surface area contributed by atoms with Crippen LogP contribution in [0.3, 0.4) is 0 Å². The number of aromatic nitrogens is 3. The predicted octanol–water partition coefficient (Wildman–Crippen LogP) is 2.78. The van der Waals surface area contributed by atoms with Crippen LogP contribution in [0.4, 0.5) is 5.69 Å². The molecule has 3 atom stereocenters. The Kier molecular flexibility index (Phi) is 3.10. The molecular formula is C16H20N4O. The second-order valence-electron chi connectivity index (χ2n) is 5.31. The molecule has 21 heavy (non-hydrogen) atoms. The van der Waals surface area contributed by atoms with Crippen LogP contribution in [0.5, 0.6) is 0 Å². The first-order chi connectivity index (χ1) is 11.0. The maximum Gasteiger partial charge on any atom is 0.227 e. The van der Waals surface area contributed by atoms with E-state index in [1.807, 2.05) is 19.2 Å². The fourth-order valence-electron chi connectivity index (χ4n) is 2.50. The molecule has 2 aromatic heterocycles. The molecule has 3 unspecified atom stereocenters. The molecule has 0 spiro atoms. The van der Waals surface area contributed by atoms with Crippen LogP contribution in [0.1, 0.15) is 34.6 Å². The fourth-order valence-corrected chi connectivity index (χ4v) is 2.50. The second-order valence-corrected chi connectivity index (χ2v) is 5.31. The highest BCUT2D eigenvalue weighted by atomic mass is 16.1. The first-order valence-electron chi connectivity index (χ1n) is 8.25. The maximum absolute atomic E-state index is 12.4. The van der Waals surface area contributed by atoms with Gasteiger partial charge in [-0.05, 0) is 31.4 Å². The van der Waals surface area contributed by atoms with Gasteiger partial charge >= 0.3 is 0 Å². The minimum atomic E-state index is -0.766. The average Bonchev–Trinajstić information content (AvgIpc) is 2.91. The highest BCUT2D eigenvalue weighted by Gasteiger charge is 2.18. The second kappa shape index (κ2) is 5.68. The number of pyridine rings is 1. The molecule has 1 amide bonds. The molecule has 0 saturated heterocycles. The van der Waals surface area contributed by atoms with Crippen LogP contribution in [0.25, 0.3) is 11.3 Å². The monoisotopic (exact) mass is 286 g/mol. The summed E-state index contributed by atoms with van der Waals surface area (Å²) >= 11 is 0. The summed E-state index contributed by atoms with van der Waals surface area (Å²) < 4.78 is 18.0. The van der Waals surface area contributed by atoms with E-state index in [2.05, 4.69) is 15.4 Å². The Morgan fingerprint density at radius 2 is 2.38 bits per heavy atom. The number of hydrogen-bond donors (Lipinski definition) is 1. The summed E-state index contributed by atoms with van der Waals surface area (Å²) in [6.07, 6.45) is 3.10. The standard InChI is InChI=1S/C16H20N4O/c1-11-5-3-4-6-13-9-12(7-8-17-13)15-14(19-16(11)21)10-18-20(15)2/h7-11H,3-6H2,1-2H3,(H,19,21)/i3D,5D. The van der Waals surface area contributed by atoms with Gasteiger partial charge < -0.3 is 5.32 Å². The van der Waals surface area contributed by atoms with Crippen molar-refractivity contribution < 1.29 is 7.54 Å². The van der Waals surface area contributed by atoms with E-state index in [-0.39, 0.29) is 5.91 Å². The first kappa shape index (κ1) is 11.5. The van der Waals surface area contributed by atoms with Gasteiger partial charge in [-0.3, -0.25) is 14.5 Å². The Labute approximate surface area is 127 Å². The molecule has 2 aromatic rings. The molecule has 0 aliphatic carbocycles. The number of fused-ring (bicyclic) bond motifs is 4. The number of amides is 1. The number of aryl methyl sites for hydroxylation is 2. The topological polar surface area (TPSA) is 59.8 Å². The van der Waals surface area contributed by atoms with Crippen molar-refractivity contribution in [1.29, 1.82) is 0 Å². The Hall–Kier alpha value is -2.17. The van der Waals surface area contributed by atoms with E-state index in [0.29, 0.717) is 18.5 Å². The molecule has 3 rings (SSSR count). The van der Waals surface area contributed by atoms with Crippen molar-refractivity contribution in [2.75, 3.05) is 5.32 Å². The van der Waals surface area contributed by atoms with Gasteiger partial charge in [0.2, 0.25) is 5.91 Å². The summed E-state index contributed by atoms with van der Waals surface area (Å²) in [7, 11) is 1.83. The molecule has 110 valence electrons. The lowest BCUT2D eigenvalue weighted by Gasteiger charge is -2.14. The third-order valence-electron chi connectivity index (χ3n) is 3.69. The van der Waals surface area contributed by atoms with Crippen LogP contribution in [-0.4, -0.2) is 20.7 Å². The molecule has 0 fully saturated rings. The third-order valence-corrected chi connectivity index (χ3v) is 3.69. The predicted molar refractivity (Wildman–Crippen MR) is 81.8 cm³/mol. The summed E-state index contributed by atoms with van der Waals surface area (Å²) in [5.41, 5.74) is 3.26. The fraction of sp³-hybridized carbons (Fsp3) is 0.438. The number of carbonyl (C=O) groups excluding carboxylic acids is 1. The summed E-state index contributed by atoms with van der Waals surface area (Å²) in [5, 5.41) is 7.10. The number of hydrogen-bond acceptors (Lipinski definition) is 3. The Bertz CT molecular complexity index is 731. The zero-order valence-corrected chi connectivity index (χ0v) is 12.2. The van der Waals surface area contributed by atoms with Gasteiger partial charge in [-0.2, -0.15) is 5.10 Å². The largest absolute Gasteiger partial charge is 0.323 e. The van der Waals surface area contributed by atoms with Crippen molar-refractivity contribution in [3.8, 4) is 11.3 Å². The molecule has 0 radical (unpaired) electrons. The summed E-state index contributed by atoms with van der Waals surface area (Å²) in [5.74, 6) is -0.803. The molecule has 1 aliphatic rings. The zero-order valence-electron chi connectivity index (χ0n) is 14.2. The van der Waals surface area contributed by atoms with Gasteiger partial charge in [0.05, 0.1) is 17.6 Å². The van der Waals surface area contributed by atoms with Gasteiger partial charge in [0.15, 0.2) is 0 Å². The van der Waals surface area contributed by atoms with Crippen LogP contribution in [-0.2, 0) is 18.3 Å². The van der Waals surface area contributed by atoms with E-state index < -0.39 is 18.7 Å². The number of nitrogens with one attached hydrogen (secondary N) is 1. The zero-order chi connectivity index (χ0) is 16.6. The van der Waals surface area contributed by atoms with Gasteiger partial charge in [-0.25, -0.2) is 0 Å². The Morgan fingerprint density at radius 3 is 3.24 bits per heavy atom. The van der Waals surface area contributed by atoms with Crippen molar-refractivity contribution in [3.05, 3.63) is 30.2 Å². The van der Waals surface area contributed by atoms with Crippen molar-refractivity contribution in [1.82, 2.24) is 14.8 Å². The number of nitrogens with zero attached hydrogens (tertiary/aromatic N) is 3. The molecule has 3 heterocycles. The molecule has 5 heteroatoms. The molecule has 0 aromatic carbocycles. The van der Waals surface area contributed by atoms with Gasteiger partial charge in [-0.15, -0.1) is 0 Å². The van der Waals surface area contributed by atoms with E-state index in [1.54, 1.807) is 24.0 Å². The summed E-state index contributed by atoms with van der Waals surface area (Å²) in [6, 6.07) is 3.85. The molecule has 2 bridgehead atoms. The van der Waals surface area contributed by atoms with Crippen LogP contribution in [0, 0.1) is 5.92 Å². The lowest BCUT2D eigenvalue weighted by molar-refractivity contribution is -0.119. The SMILES string of the molecule is [2H]C1CCc2cc(ccn2)-c2c(cnn2C)NC(=O)C(C)C1[2H]. The third kappa shape index (κ3) is 2.82. The smallest absolute Gasteiger partial charge is 0.227 e. The molecule has 1 aliphatic heterocycles. The summed E-state index contributed by atoms with van der Waals surface area (Å²) in [6.45, 7) is 1.70. The maximum atomic E-state index is 12.4. The van der Waals surface area contributed by atoms with E-state index in [4.69, 9.17) is 2.74 Å². The molecule has 1 N–H and O–H groups in total. The van der Waals surface area contributed by atoms with E-state index in [1.165, 1.54) is 0 Å². The minimum Gasteiger partial charge on any atom is -0.323 e. The Balaban J connectivity index is 2.09. The number of carbonyl (C=O) groups is 1. The average molecular weight is 286 g/mol. The highest BCUT2D eigenvalue weighted by Crippen LogP contribution is 2.29. The van der Waals surface area contributed by atoms with Gasteiger partial charge in [0.1, 0.15) is 0 Å². The Morgan fingerprint density at radius 1 is 1.52 bits per heavy atom. The van der Waals surface area contributed by atoms with Crippen molar-refractivity contribution in [2.24, 2.45) is 13.0 Å². The quantitative estimate of drug-likeness (QED) is 0.810. The van der Waals surface area contributed by atoms with E-state index in [0.717, 1.165) is 17.0 Å². The van der Waals surface area contributed by atoms with E-state index in [9.17, 15) is 4.79 Å². The normalized spacial score (nSPS) is 27.5. The van der Waals surface area contributed by atoms with Crippen molar-refractivity contribution >= 4 is 11.6 Å². The van der Waals surface area contributed by atoms with Crippen LogP contribution in [0.15, 0.2) is 24.5 Å². The van der Waals surface area contributed by atoms with Gasteiger partial charge in [0, 0.05) is 33.2 Å². The van der Waals surface area contributed by atoms with Gasteiger partial charge in [0.25, 0.3) is 0 Å². The van der Waals surface area contributed by atoms with Crippen LogP contribution < -0.4 is 5.32 Å². The molecule has 0 saturated carbocycles. The lowest BCUT2D eigenvalue weighted by atomic mass is 10.00. The summed E-state index contributed by atoms with van der Waals surface area (Å²) in [4.78, 5) is 16.8. The first-order valence-corrected chi connectivity index (χ1v) is 7.10. The van der Waals surface area contributed by atoms with Crippen molar-refractivity contribution in [3.63, 3.8) is 0 Å². The van der Waals surface area contributed by atoms with E-state index >= 15 is 0 Å². The highest BCUT2D eigenvalue weighted by molar-refractivity contribution is 5.95. The minimum absolute atomic E-state index is 0.244. The lowest BCUT2D eigenvalue weighted by Crippen LogP contribution is -2.20. The van der Waals surface area contributed by atoms with Crippen LogP contribution >= 0.6 is 0 Å². The molecule has 5 nitrogen and oxygen atoms in total.